The minimum Gasteiger partial charge on any atom is -0.364 e. The fourth-order valence-corrected chi connectivity index (χ4v) is 3.73. The van der Waals surface area contributed by atoms with Crippen molar-refractivity contribution in [3.05, 3.63) is 33.5 Å². The summed E-state index contributed by atoms with van der Waals surface area (Å²) in [5, 5.41) is 9.83. The molecule has 3 rings (SSSR count). The van der Waals surface area contributed by atoms with Gasteiger partial charge in [-0.3, -0.25) is 14.7 Å². The maximum absolute atomic E-state index is 12.5. The minimum absolute atomic E-state index is 0.0993. The van der Waals surface area contributed by atoms with Crippen LogP contribution in [0.25, 0.3) is 0 Å². The van der Waals surface area contributed by atoms with Gasteiger partial charge in [0.15, 0.2) is 0 Å². The van der Waals surface area contributed by atoms with Crippen molar-refractivity contribution in [2.75, 3.05) is 13.1 Å². The summed E-state index contributed by atoms with van der Waals surface area (Å²) in [6.07, 6.45) is 3.13. The van der Waals surface area contributed by atoms with Crippen LogP contribution in [0, 0.1) is 0 Å². The summed E-state index contributed by atoms with van der Waals surface area (Å²) in [5.74, 6) is -0.288. The molecule has 0 aliphatic carbocycles. The number of aromatic amines is 1. The average Bonchev–Trinajstić information content (AvgIpc) is 3.24. The lowest BCUT2D eigenvalue weighted by atomic mass is 9.94. The van der Waals surface area contributed by atoms with E-state index in [1.807, 2.05) is 10.3 Å². The van der Waals surface area contributed by atoms with E-state index in [4.69, 9.17) is 5.73 Å². The van der Waals surface area contributed by atoms with Crippen LogP contribution < -0.4 is 5.73 Å². The summed E-state index contributed by atoms with van der Waals surface area (Å²) in [4.78, 5) is 30.1. The van der Waals surface area contributed by atoms with Crippen LogP contribution in [0.1, 0.15) is 52.6 Å². The number of carbonyl (C=O) groups excluding carboxylic acids is 2. The number of rotatable bonds is 5. The third kappa shape index (κ3) is 3.64. The average molecular weight is 347 g/mol. The Morgan fingerprint density at radius 1 is 1.50 bits per heavy atom. The summed E-state index contributed by atoms with van der Waals surface area (Å²) in [6.45, 7) is 3.45. The monoisotopic (exact) mass is 347 g/mol. The van der Waals surface area contributed by atoms with E-state index < -0.39 is 5.91 Å². The third-order valence-corrected chi connectivity index (χ3v) is 5.34. The number of primary amides is 1. The molecule has 7 nitrogen and oxygen atoms in total. The number of nitrogens with two attached hydrogens (primary N) is 1. The van der Waals surface area contributed by atoms with Gasteiger partial charge < -0.3 is 10.6 Å². The van der Waals surface area contributed by atoms with Crippen LogP contribution in [-0.4, -0.2) is 45.0 Å². The number of nitrogens with one attached hydrogen (secondary N) is 1. The maximum atomic E-state index is 12.5. The largest absolute Gasteiger partial charge is 0.364 e. The molecule has 2 amide bonds. The molecule has 128 valence electrons. The summed E-state index contributed by atoms with van der Waals surface area (Å²) in [5.41, 5.74) is 7.19. The number of thiazole rings is 1. The number of aromatic nitrogens is 3. The zero-order valence-electron chi connectivity index (χ0n) is 13.6. The summed E-state index contributed by atoms with van der Waals surface area (Å²) in [6, 6.07) is 1.69. The van der Waals surface area contributed by atoms with E-state index in [1.165, 1.54) is 0 Å². The van der Waals surface area contributed by atoms with Crippen molar-refractivity contribution in [1.82, 2.24) is 20.1 Å². The molecule has 24 heavy (non-hydrogen) atoms. The number of H-pyrrole nitrogens is 1. The first kappa shape index (κ1) is 16.6. The molecule has 2 aromatic heterocycles. The van der Waals surface area contributed by atoms with Gasteiger partial charge in [-0.25, -0.2) is 4.98 Å². The lowest BCUT2D eigenvalue weighted by Gasteiger charge is -2.32. The van der Waals surface area contributed by atoms with Crippen molar-refractivity contribution in [3.8, 4) is 0 Å². The van der Waals surface area contributed by atoms with E-state index in [2.05, 4.69) is 22.1 Å². The molecule has 1 atom stereocenters. The van der Waals surface area contributed by atoms with Gasteiger partial charge in [-0.2, -0.15) is 5.10 Å². The number of hydrogen-bond acceptors (Lipinski definition) is 5. The Bertz CT molecular complexity index is 738. The first-order chi connectivity index (χ1) is 11.6. The van der Waals surface area contributed by atoms with Gasteiger partial charge in [0, 0.05) is 30.1 Å². The van der Waals surface area contributed by atoms with Crippen molar-refractivity contribution in [2.24, 2.45) is 5.73 Å². The smallest absolute Gasteiger partial charge is 0.269 e. The SMILES string of the molecule is CCc1nc(CC(=O)N2CCCC(c3cc(C(N)=O)n[nH]3)C2)cs1. The molecule has 8 heteroatoms. The molecule has 1 fully saturated rings. The minimum atomic E-state index is -0.545. The van der Waals surface area contributed by atoms with Crippen molar-refractivity contribution < 1.29 is 9.59 Å². The van der Waals surface area contributed by atoms with Crippen molar-refractivity contribution in [3.63, 3.8) is 0 Å². The zero-order chi connectivity index (χ0) is 17.1. The number of likely N-dealkylation sites (tertiary alicyclic amines) is 1. The molecule has 1 unspecified atom stereocenters. The van der Waals surface area contributed by atoms with Crippen molar-refractivity contribution >= 4 is 23.2 Å². The van der Waals surface area contributed by atoms with Crippen molar-refractivity contribution in [2.45, 2.75) is 38.5 Å². The van der Waals surface area contributed by atoms with Gasteiger partial charge in [0.25, 0.3) is 5.91 Å². The molecule has 0 aromatic carbocycles. The number of carbonyl (C=O) groups is 2. The first-order valence-corrected chi connectivity index (χ1v) is 9.01. The van der Waals surface area contributed by atoms with E-state index >= 15 is 0 Å². The molecular formula is C16H21N5O2S. The number of amides is 2. The Morgan fingerprint density at radius 3 is 3.00 bits per heavy atom. The lowest BCUT2D eigenvalue weighted by molar-refractivity contribution is -0.131. The van der Waals surface area contributed by atoms with Crippen LogP contribution in [0.15, 0.2) is 11.4 Å². The van der Waals surface area contributed by atoms with Gasteiger partial charge in [-0.15, -0.1) is 11.3 Å². The van der Waals surface area contributed by atoms with E-state index in [-0.39, 0.29) is 17.5 Å². The first-order valence-electron chi connectivity index (χ1n) is 8.13. The van der Waals surface area contributed by atoms with Crippen LogP contribution in [-0.2, 0) is 17.6 Å². The molecule has 0 spiro atoms. The second kappa shape index (κ2) is 7.12. The highest BCUT2D eigenvalue weighted by Crippen LogP contribution is 2.26. The molecule has 2 aromatic rings. The molecule has 1 saturated heterocycles. The van der Waals surface area contributed by atoms with Crippen LogP contribution >= 0.6 is 11.3 Å². The summed E-state index contributed by atoms with van der Waals surface area (Å²) >= 11 is 1.60. The quantitative estimate of drug-likeness (QED) is 0.854. The van der Waals surface area contributed by atoms with Crippen molar-refractivity contribution in [1.29, 1.82) is 0 Å². The molecule has 1 aliphatic rings. The predicted molar refractivity (Wildman–Crippen MR) is 90.9 cm³/mol. The van der Waals surface area contributed by atoms with Crippen LogP contribution in [0.5, 0.6) is 0 Å². The fourth-order valence-electron chi connectivity index (χ4n) is 2.99. The fraction of sp³-hybridized carbons (Fsp3) is 0.500. The van der Waals surface area contributed by atoms with E-state index in [9.17, 15) is 9.59 Å². The molecular weight excluding hydrogens is 326 g/mol. The molecule has 0 bridgehead atoms. The van der Waals surface area contributed by atoms with Gasteiger partial charge in [0.05, 0.1) is 17.1 Å². The van der Waals surface area contributed by atoms with E-state index in [0.29, 0.717) is 13.0 Å². The van der Waals surface area contributed by atoms with E-state index in [1.54, 1.807) is 17.4 Å². The standard InChI is InChI=1S/C16H21N5O2S/c1-2-14-18-11(9-24-14)6-15(22)21-5-3-4-10(8-21)12-7-13(16(17)23)20-19-12/h7,9-10H,2-6,8H2,1H3,(H2,17,23)(H,19,20). The molecule has 3 N–H and O–H groups in total. The zero-order valence-corrected chi connectivity index (χ0v) is 14.4. The van der Waals surface area contributed by atoms with Gasteiger partial charge >= 0.3 is 0 Å². The van der Waals surface area contributed by atoms with Crippen LogP contribution in [0.3, 0.4) is 0 Å². The number of piperidine rings is 1. The summed E-state index contributed by atoms with van der Waals surface area (Å²) < 4.78 is 0. The van der Waals surface area contributed by atoms with Gasteiger partial charge in [-0.1, -0.05) is 6.92 Å². The number of nitrogens with zero attached hydrogens (tertiary/aromatic N) is 3. The second-order valence-corrected chi connectivity index (χ2v) is 6.96. The van der Waals surface area contributed by atoms with E-state index in [0.717, 1.165) is 42.2 Å². The van der Waals surface area contributed by atoms with Crippen LogP contribution in [0.4, 0.5) is 0 Å². The number of hydrogen-bond donors (Lipinski definition) is 2. The predicted octanol–water partition coefficient (Wildman–Crippen LogP) is 1.48. The highest BCUT2D eigenvalue weighted by Gasteiger charge is 2.26. The normalized spacial score (nSPS) is 17.9. The molecule has 1 aliphatic heterocycles. The lowest BCUT2D eigenvalue weighted by Crippen LogP contribution is -2.40. The molecule has 3 heterocycles. The maximum Gasteiger partial charge on any atom is 0.269 e. The Balaban J connectivity index is 1.63. The number of aryl methyl sites for hydroxylation is 1. The van der Waals surface area contributed by atoms with Crippen LogP contribution in [0.2, 0.25) is 0 Å². The Labute approximate surface area is 144 Å². The Kier molecular flexibility index (Phi) is 4.94. The van der Waals surface area contributed by atoms with Gasteiger partial charge in [0.1, 0.15) is 5.69 Å². The molecule has 0 saturated carbocycles. The summed E-state index contributed by atoms with van der Waals surface area (Å²) in [7, 11) is 0. The highest BCUT2D eigenvalue weighted by molar-refractivity contribution is 7.09. The Hall–Kier alpha value is -2.22. The highest BCUT2D eigenvalue weighted by atomic mass is 32.1. The second-order valence-electron chi connectivity index (χ2n) is 6.01. The third-order valence-electron chi connectivity index (χ3n) is 4.30. The molecule has 0 radical (unpaired) electrons. The topological polar surface area (TPSA) is 105 Å². The Morgan fingerprint density at radius 2 is 2.33 bits per heavy atom. The van der Waals surface area contributed by atoms with Gasteiger partial charge in [0.2, 0.25) is 5.91 Å². The van der Waals surface area contributed by atoms with Gasteiger partial charge in [-0.05, 0) is 25.3 Å².